The van der Waals surface area contributed by atoms with Crippen molar-refractivity contribution in [1.29, 1.82) is 0 Å². The first-order valence-corrected chi connectivity index (χ1v) is 7.70. The molecular formula is C15H11Cl2FN4O2. The van der Waals surface area contributed by atoms with Gasteiger partial charge in [-0.05, 0) is 37.3 Å². The molecule has 1 atom stereocenters. The Morgan fingerprint density at radius 1 is 1.33 bits per heavy atom. The SMILES string of the molecule is CC(Cl)C(=O)Nc1ccc(F)c(-n2nc3ccc(Cl)cn3c2=O)c1. The number of fused-ring (bicyclic) bond motifs is 1. The van der Waals surface area contributed by atoms with Crippen LogP contribution in [-0.4, -0.2) is 25.5 Å². The van der Waals surface area contributed by atoms with Crippen LogP contribution in [0.2, 0.25) is 5.02 Å². The van der Waals surface area contributed by atoms with E-state index in [9.17, 15) is 14.0 Å². The van der Waals surface area contributed by atoms with Crippen molar-refractivity contribution in [1.82, 2.24) is 14.2 Å². The standard InChI is InChI=1S/C15H11Cl2FN4O2/c1-8(16)14(23)19-10-3-4-11(18)12(6-10)22-15(24)21-7-9(17)2-5-13(21)20-22/h2-8H,1H3,(H,19,23). The van der Waals surface area contributed by atoms with Gasteiger partial charge in [0.2, 0.25) is 5.91 Å². The van der Waals surface area contributed by atoms with Crippen LogP contribution in [0.15, 0.2) is 41.3 Å². The monoisotopic (exact) mass is 368 g/mol. The largest absolute Gasteiger partial charge is 0.355 e. The third kappa shape index (κ3) is 3.00. The first-order chi connectivity index (χ1) is 11.4. The molecule has 1 N–H and O–H groups in total. The Bertz CT molecular complexity index is 997. The van der Waals surface area contributed by atoms with Crippen LogP contribution in [0.25, 0.3) is 11.3 Å². The Hall–Kier alpha value is -2.38. The second-order valence-electron chi connectivity index (χ2n) is 5.04. The molecule has 0 saturated heterocycles. The Morgan fingerprint density at radius 3 is 2.79 bits per heavy atom. The number of carbonyl (C=O) groups is 1. The Morgan fingerprint density at radius 2 is 2.08 bits per heavy atom. The van der Waals surface area contributed by atoms with Crippen molar-refractivity contribution >= 4 is 40.4 Å². The van der Waals surface area contributed by atoms with Gasteiger partial charge in [-0.15, -0.1) is 16.7 Å². The molecule has 0 aliphatic rings. The molecule has 0 spiro atoms. The van der Waals surface area contributed by atoms with Crippen LogP contribution in [0, 0.1) is 5.82 Å². The number of nitrogens with one attached hydrogen (secondary N) is 1. The van der Waals surface area contributed by atoms with E-state index in [0.717, 1.165) is 10.7 Å². The smallest absolute Gasteiger partial charge is 0.325 e. The topological polar surface area (TPSA) is 68.4 Å². The summed E-state index contributed by atoms with van der Waals surface area (Å²) < 4.78 is 16.3. The minimum Gasteiger partial charge on any atom is -0.325 e. The van der Waals surface area contributed by atoms with Crippen molar-refractivity contribution in [3.63, 3.8) is 0 Å². The number of amides is 1. The highest BCUT2D eigenvalue weighted by Gasteiger charge is 2.15. The number of halogens is 3. The minimum absolute atomic E-state index is 0.0974. The molecule has 0 radical (unpaired) electrons. The van der Waals surface area contributed by atoms with E-state index in [-0.39, 0.29) is 5.69 Å². The number of alkyl halides is 1. The number of hydrogen-bond donors (Lipinski definition) is 1. The third-order valence-electron chi connectivity index (χ3n) is 3.28. The Kier molecular flexibility index (Phi) is 4.29. The Balaban J connectivity index is 2.11. The molecule has 1 amide bonds. The van der Waals surface area contributed by atoms with Crippen LogP contribution >= 0.6 is 23.2 Å². The number of rotatable bonds is 3. The summed E-state index contributed by atoms with van der Waals surface area (Å²) in [5.41, 5.74) is -0.0704. The normalized spacial score (nSPS) is 12.3. The third-order valence-corrected chi connectivity index (χ3v) is 3.71. The number of hydrogen-bond acceptors (Lipinski definition) is 3. The molecule has 124 valence electrons. The summed E-state index contributed by atoms with van der Waals surface area (Å²) in [4.78, 5) is 24.1. The fourth-order valence-electron chi connectivity index (χ4n) is 2.10. The van der Waals surface area contributed by atoms with E-state index in [2.05, 4.69) is 10.4 Å². The van der Waals surface area contributed by atoms with Crippen molar-refractivity contribution in [3.05, 3.63) is 57.9 Å². The molecule has 9 heteroatoms. The highest BCUT2D eigenvalue weighted by Crippen LogP contribution is 2.18. The van der Waals surface area contributed by atoms with Gasteiger partial charge in [0.15, 0.2) is 5.65 Å². The summed E-state index contributed by atoms with van der Waals surface area (Å²) in [5, 5.41) is 6.20. The second kappa shape index (κ2) is 6.26. The lowest BCUT2D eigenvalue weighted by atomic mass is 10.2. The first kappa shape index (κ1) is 16.5. The summed E-state index contributed by atoms with van der Waals surface area (Å²) in [6.45, 7) is 1.51. The zero-order valence-corrected chi connectivity index (χ0v) is 13.8. The lowest BCUT2D eigenvalue weighted by Crippen LogP contribution is -2.22. The highest BCUT2D eigenvalue weighted by molar-refractivity contribution is 6.32. The van der Waals surface area contributed by atoms with Gasteiger partial charge in [0.25, 0.3) is 0 Å². The van der Waals surface area contributed by atoms with E-state index >= 15 is 0 Å². The van der Waals surface area contributed by atoms with Gasteiger partial charge >= 0.3 is 5.69 Å². The minimum atomic E-state index is -0.751. The van der Waals surface area contributed by atoms with E-state index in [1.165, 1.54) is 29.7 Å². The van der Waals surface area contributed by atoms with Crippen LogP contribution in [0.3, 0.4) is 0 Å². The molecule has 0 aliphatic carbocycles. The van der Waals surface area contributed by atoms with Crippen LogP contribution in [0.4, 0.5) is 10.1 Å². The van der Waals surface area contributed by atoms with Crippen LogP contribution in [-0.2, 0) is 4.79 Å². The number of anilines is 1. The average Bonchev–Trinajstić information content (AvgIpc) is 2.85. The Labute approximate surface area is 145 Å². The number of benzene rings is 1. The van der Waals surface area contributed by atoms with Gasteiger partial charge in [-0.3, -0.25) is 4.79 Å². The maximum Gasteiger partial charge on any atom is 0.355 e. The van der Waals surface area contributed by atoms with E-state index in [1.807, 2.05) is 0 Å². The zero-order valence-electron chi connectivity index (χ0n) is 12.3. The summed E-state index contributed by atoms with van der Waals surface area (Å²) >= 11 is 11.5. The lowest BCUT2D eigenvalue weighted by Gasteiger charge is -2.08. The van der Waals surface area contributed by atoms with E-state index < -0.39 is 22.8 Å². The van der Waals surface area contributed by atoms with E-state index in [0.29, 0.717) is 16.4 Å². The maximum atomic E-state index is 14.2. The molecule has 0 bridgehead atoms. The van der Waals surface area contributed by atoms with Crippen molar-refractivity contribution in [2.45, 2.75) is 12.3 Å². The number of carbonyl (C=O) groups excluding carboxylic acids is 1. The molecule has 3 rings (SSSR count). The van der Waals surface area contributed by atoms with Gasteiger partial charge in [0, 0.05) is 11.9 Å². The van der Waals surface area contributed by atoms with Gasteiger partial charge < -0.3 is 5.32 Å². The van der Waals surface area contributed by atoms with E-state index in [4.69, 9.17) is 23.2 Å². The van der Waals surface area contributed by atoms with E-state index in [1.54, 1.807) is 12.1 Å². The molecule has 1 unspecified atom stereocenters. The summed E-state index contributed by atoms with van der Waals surface area (Å²) in [6, 6.07) is 6.92. The molecule has 6 nitrogen and oxygen atoms in total. The summed E-state index contributed by atoms with van der Waals surface area (Å²) in [6.07, 6.45) is 1.39. The number of nitrogens with zero attached hydrogens (tertiary/aromatic N) is 3. The molecule has 0 aliphatic heterocycles. The molecule has 0 fully saturated rings. The molecule has 3 aromatic rings. The molecule has 1 aromatic carbocycles. The average molecular weight is 369 g/mol. The molecule has 2 heterocycles. The van der Waals surface area contributed by atoms with Gasteiger partial charge in [0.1, 0.15) is 16.9 Å². The molecular weight excluding hydrogens is 358 g/mol. The molecule has 0 saturated carbocycles. The quantitative estimate of drug-likeness (QED) is 0.722. The van der Waals surface area contributed by atoms with Crippen molar-refractivity contribution < 1.29 is 9.18 Å². The first-order valence-electron chi connectivity index (χ1n) is 6.88. The van der Waals surface area contributed by atoms with Gasteiger partial charge in [-0.25, -0.2) is 13.6 Å². The second-order valence-corrected chi connectivity index (χ2v) is 6.13. The summed E-state index contributed by atoms with van der Waals surface area (Å²) in [5.74, 6) is -1.10. The summed E-state index contributed by atoms with van der Waals surface area (Å²) in [7, 11) is 0. The predicted molar refractivity (Wildman–Crippen MR) is 89.7 cm³/mol. The number of aromatic nitrogens is 3. The van der Waals surface area contributed by atoms with Gasteiger partial charge in [-0.2, -0.15) is 4.68 Å². The fourth-order valence-corrected chi connectivity index (χ4v) is 2.32. The van der Waals surface area contributed by atoms with Crippen molar-refractivity contribution in [3.8, 4) is 5.69 Å². The number of pyridine rings is 1. The van der Waals surface area contributed by atoms with Gasteiger partial charge in [0.05, 0.1) is 5.02 Å². The maximum absolute atomic E-state index is 14.2. The van der Waals surface area contributed by atoms with Crippen molar-refractivity contribution in [2.75, 3.05) is 5.32 Å². The van der Waals surface area contributed by atoms with Crippen LogP contribution in [0.1, 0.15) is 6.92 Å². The highest BCUT2D eigenvalue weighted by atomic mass is 35.5. The molecule has 2 aromatic heterocycles. The predicted octanol–water partition coefficient (Wildman–Crippen LogP) is 2.84. The van der Waals surface area contributed by atoms with Crippen LogP contribution in [0.5, 0.6) is 0 Å². The zero-order chi connectivity index (χ0) is 17.4. The molecule has 24 heavy (non-hydrogen) atoms. The van der Waals surface area contributed by atoms with Gasteiger partial charge in [-0.1, -0.05) is 11.6 Å². The lowest BCUT2D eigenvalue weighted by molar-refractivity contribution is -0.115. The van der Waals surface area contributed by atoms with Crippen LogP contribution < -0.4 is 11.0 Å². The fraction of sp³-hybridized carbons (Fsp3) is 0.133. The van der Waals surface area contributed by atoms with Crippen molar-refractivity contribution in [2.24, 2.45) is 0 Å².